The second kappa shape index (κ2) is 2.94. The van der Waals surface area contributed by atoms with Crippen molar-refractivity contribution in [3.05, 3.63) is 42.1 Å². The number of aryl methyl sites for hydroxylation is 1. The van der Waals surface area contributed by atoms with E-state index in [1.807, 2.05) is 30.3 Å². The third-order valence-electron chi connectivity index (χ3n) is 1.79. The molecular weight excluding hydrogens is 162 g/mol. The van der Waals surface area contributed by atoms with Crippen molar-refractivity contribution in [2.75, 3.05) is 5.73 Å². The van der Waals surface area contributed by atoms with E-state index in [1.165, 1.54) is 0 Å². The third kappa shape index (κ3) is 1.40. The Morgan fingerprint density at radius 3 is 2.62 bits per heavy atom. The van der Waals surface area contributed by atoms with Gasteiger partial charge in [-0.1, -0.05) is 18.2 Å². The zero-order valence-electron chi connectivity index (χ0n) is 8.36. The van der Waals surface area contributed by atoms with Crippen molar-refractivity contribution in [2.45, 2.75) is 6.92 Å². The van der Waals surface area contributed by atoms with Gasteiger partial charge in [-0.2, -0.15) is 5.10 Å². The first-order valence-corrected chi connectivity index (χ1v) is 4.07. The molecule has 1 aromatic carbocycles. The average molecular weight is 174 g/mol. The summed E-state index contributed by atoms with van der Waals surface area (Å²) in [5, 5.41) is 4.18. The molecule has 2 rings (SSSR count). The number of anilines is 1. The number of rotatable bonds is 1. The minimum atomic E-state index is 0.300. The molecule has 3 nitrogen and oxygen atoms in total. The molecule has 0 spiro atoms. The van der Waals surface area contributed by atoms with E-state index in [9.17, 15) is 0 Å². The van der Waals surface area contributed by atoms with E-state index in [0.717, 1.165) is 5.69 Å². The summed E-state index contributed by atoms with van der Waals surface area (Å²) in [6.45, 7) is 1.78. The monoisotopic (exact) mass is 174 g/mol. The maximum absolute atomic E-state index is 7.61. The van der Waals surface area contributed by atoms with Crippen LogP contribution in [0.15, 0.2) is 36.4 Å². The Balaban J connectivity index is 2.58. The highest BCUT2D eigenvalue weighted by atomic mass is 15.3. The van der Waals surface area contributed by atoms with Crippen LogP contribution in [0.5, 0.6) is 0 Å². The Kier molecular flexibility index (Phi) is 1.52. The van der Waals surface area contributed by atoms with Crippen LogP contribution in [0.4, 0.5) is 5.82 Å². The lowest BCUT2D eigenvalue weighted by Gasteiger charge is -2.01. The molecule has 0 saturated carbocycles. The molecule has 3 heteroatoms. The van der Waals surface area contributed by atoms with Gasteiger partial charge < -0.3 is 5.73 Å². The second-order valence-electron chi connectivity index (χ2n) is 2.84. The fourth-order valence-corrected chi connectivity index (χ4v) is 1.23. The molecule has 0 saturated heterocycles. The van der Waals surface area contributed by atoms with Gasteiger partial charge in [-0.15, -0.1) is 0 Å². The lowest BCUT2D eigenvalue weighted by atomic mass is 10.3. The average Bonchev–Trinajstić information content (AvgIpc) is 2.47. The molecule has 1 heterocycles. The number of nitrogens with zero attached hydrogens (tertiary/aromatic N) is 2. The fraction of sp³-hybridized carbons (Fsp3) is 0.100. The van der Waals surface area contributed by atoms with E-state index in [0.29, 0.717) is 17.6 Å². The maximum Gasteiger partial charge on any atom is 0.127 e. The first-order chi connectivity index (χ1) is 6.70. The van der Waals surface area contributed by atoms with Crippen LogP contribution >= 0.6 is 0 Å². The molecule has 2 N–H and O–H groups in total. The first kappa shape index (κ1) is 6.71. The summed E-state index contributed by atoms with van der Waals surface area (Å²) in [5.41, 5.74) is 7.27. The fourth-order valence-electron chi connectivity index (χ4n) is 1.23. The quantitative estimate of drug-likeness (QED) is 0.716. The third-order valence-corrected chi connectivity index (χ3v) is 1.79. The summed E-state index contributed by atoms with van der Waals surface area (Å²) >= 11 is 0. The zero-order chi connectivity index (χ0) is 10.1. The van der Waals surface area contributed by atoms with E-state index in [2.05, 4.69) is 5.10 Å². The molecule has 0 aliphatic heterocycles. The van der Waals surface area contributed by atoms with Crippen molar-refractivity contribution in [3.8, 4) is 5.69 Å². The SMILES string of the molecule is [2H]c1c(C)nn(-c2ccccc2)c1N. The molecule has 2 aromatic rings. The van der Waals surface area contributed by atoms with E-state index in [-0.39, 0.29) is 0 Å². The lowest BCUT2D eigenvalue weighted by molar-refractivity contribution is 0.872. The summed E-state index contributed by atoms with van der Waals surface area (Å²) in [7, 11) is 0. The van der Waals surface area contributed by atoms with Crippen LogP contribution in [0.3, 0.4) is 0 Å². The molecule has 0 fully saturated rings. The van der Waals surface area contributed by atoms with Gasteiger partial charge in [0, 0.05) is 6.04 Å². The Morgan fingerprint density at radius 1 is 1.38 bits per heavy atom. The van der Waals surface area contributed by atoms with Gasteiger partial charge in [0.05, 0.1) is 12.8 Å². The van der Waals surface area contributed by atoms with Crippen molar-refractivity contribution in [1.29, 1.82) is 0 Å². The van der Waals surface area contributed by atoms with Crippen molar-refractivity contribution >= 4 is 5.82 Å². The van der Waals surface area contributed by atoms with Crippen LogP contribution in [-0.2, 0) is 0 Å². The number of aromatic nitrogens is 2. The minimum absolute atomic E-state index is 0.300. The summed E-state index contributed by atoms with van der Waals surface area (Å²) in [5.74, 6) is 0.383. The van der Waals surface area contributed by atoms with Gasteiger partial charge in [0.25, 0.3) is 0 Å². The van der Waals surface area contributed by atoms with E-state index < -0.39 is 0 Å². The van der Waals surface area contributed by atoms with Crippen LogP contribution in [0.25, 0.3) is 5.69 Å². The van der Waals surface area contributed by atoms with Crippen LogP contribution in [-0.4, -0.2) is 9.78 Å². The maximum atomic E-state index is 7.61. The number of hydrogen-bond acceptors (Lipinski definition) is 2. The van der Waals surface area contributed by atoms with E-state index in [1.54, 1.807) is 11.6 Å². The normalized spacial score (nSPS) is 11.3. The number of nitrogens with two attached hydrogens (primary N) is 1. The molecule has 0 bridgehead atoms. The minimum Gasteiger partial charge on any atom is -0.384 e. The highest BCUT2D eigenvalue weighted by molar-refractivity contribution is 5.42. The van der Waals surface area contributed by atoms with Gasteiger partial charge in [-0.25, -0.2) is 4.68 Å². The summed E-state index contributed by atoms with van der Waals surface area (Å²) in [6, 6.07) is 9.86. The Morgan fingerprint density at radius 2 is 2.08 bits per heavy atom. The Bertz CT molecular complexity index is 448. The highest BCUT2D eigenvalue weighted by Crippen LogP contribution is 2.12. The Labute approximate surface area is 78.2 Å². The highest BCUT2D eigenvalue weighted by Gasteiger charge is 2.02. The summed E-state index contributed by atoms with van der Waals surface area (Å²) in [6.07, 6.45) is 0. The van der Waals surface area contributed by atoms with Crippen LogP contribution < -0.4 is 5.73 Å². The number of benzene rings is 1. The van der Waals surface area contributed by atoms with Crippen molar-refractivity contribution in [1.82, 2.24) is 9.78 Å². The summed E-state index contributed by atoms with van der Waals surface area (Å²) < 4.78 is 9.19. The van der Waals surface area contributed by atoms with Gasteiger partial charge in [0.2, 0.25) is 0 Å². The van der Waals surface area contributed by atoms with Crippen LogP contribution in [0.2, 0.25) is 0 Å². The molecule has 0 aliphatic rings. The smallest absolute Gasteiger partial charge is 0.127 e. The van der Waals surface area contributed by atoms with Crippen molar-refractivity contribution in [2.24, 2.45) is 0 Å². The van der Waals surface area contributed by atoms with Crippen LogP contribution in [0, 0.1) is 6.92 Å². The van der Waals surface area contributed by atoms with Gasteiger partial charge in [-0.05, 0) is 19.1 Å². The summed E-state index contributed by atoms with van der Waals surface area (Å²) in [4.78, 5) is 0. The van der Waals surface area contributed by atoms with E-state index >= 15 is 0 Å². The molecule has 13 heavy (non-hydrogen) atoms. The molecule has 0 radical (unpaired) electrons. The van der Waals surface area contributed by atoms with Gasteiger partial charge in [0.1, 0.15) is 5.82 Å². The molecular formula is C10H11N3. The van der Waals surface area contributed by atoms with E-state index in [4.69, 9.17) is 7.10 Å². The van der Waals surface area contributed by atoms with Gasteiger partial charge >= 0.3 is 0 Å². The molecule has 0 unspecified atom stereocenters. The first-order valence-electron chi connectivity index (χ1n) is 4.57. The van der Waals surface area contributed by atoms with Gasteiger partial charge in [-0.3, -0.25) is 0 Å². The second-order valence-corrected chi connectivity index (χ2v) is 2.84. The predicted octanol–water partition coefficient (Wildman–Crippen LogP) is 1.76. The molecule has 0 aliphatic carbocycles. The zero-order valence-corrected chi connectivity index (χ0v) is 7.36. The lowest BCUT2D eigenvalue weighted by Crippen LogP contribution is -2.00. The number of para-hydroxylation sites is 1. The standard InChI is InChI=1S/C10H11N3/c1-8-7-10(11)13(12-8)9-5-3-2-4-6-9/h2-7H,11H2,1H3/i7D. The predicted molar refractivity (Wildman–Crippen MR) is 52.7 cm³/mol. The van der Waals surface area contributed by atoms with Gasteiger partial charge in [0.15, 0.2) is 0 Å². The molecule has 0 amide bonds. The van der Waals surface area contributed by atoms with Crippen LogP contribution in [0.1, 0.15) is 7.06 Å². The number of hydrogen-bond donors (Lipinski definition) is 1. The Hall–Kier alpha value is -1.77. The molecule has 0 atom stereocenters. The topological polar surface area (TPSA) is 43.8 Å². The molecule has 1 aromatic heterocycles. The van der Waals surface area contributed by atoms with Crippen molar-refractivity contribution < 1.29 is 1.37 Å². The molecule has 66 valence electrons. The van der Waals surface area contributed by atoms with Crippen molar-refractivity contribution in [3.63, 3.8) is 0 Å². The number of nitrogen functional groups attached to an aromatic ring is 1. The largest absolute Gasteiger partial charge is 0.384 e.